The van der Waals surface area contributed by atoms with Gasteiger partial charge >= 0.3 is 0 Å². The molecule has 3 rings (SSSR count). The molecule has 0 bridgehead atoms. The molecule has 1 amide bonds. The molecule has 8 heteroatoms. The van der Waals surface area contributed by atoms with Crippen molar-refractivity contribution in [3.8, 4) is 5.75 Å². The summed E-state index contributed by atoms with van der Waals surface area (Å²) in [6.45, 7) is 2.20. The number of para-hydroxylation sites is 1. The molecular weight excluding hydrogens is 402 g/mol. The number of nitrogens with one attached hydrogen (secondary N) is 2. The van der Waals surface area contributed by atoms with Gasteiger partial charge in [-0.1, -0.05) is 25.1 Å². The van der Waals surface area contributed by atoms with Gasteiger partial charge in [0.25, 0.3) is 15.9 Å². The van der Waals surface area contributed by atoms with Gasteiger partial charge in [0, 0.05) is 18.9 Å². The highest BCUT2D eigenvalue weighted by atomic mass is 32.2. The first kappa shape index (κ1) is 21.3. The van der Waals surface area contributed by atoms with E-state index in [0.29, 0.717) is 12.2 Å². The number of amides is 1. The van der Waals surface area contributed by atoms with Crippen molar-refractivity contribution >= 4 is 21.6 Å². The van der Waals surface area contributed by atoms with Crippen LogP contribution in [-0.4, -0.2) is 26.4 Å². The molecule has 0 saturated heterocycles. The quantitative estimate of drug-likeness (QED) is 0.577. The predicted molar refractivity (Wildman–Crippen MR) is 115 cm³/mol. The zero-order chi connectivity index (χ0) is 21.6. The number of ether oxygens (including phenoxy) is 1. The first-order valence-electron chi connectivity index (χ1n) is 9.40. The molecule has 156 valence electrons. The average Bonchev–Trinajstić information content (AvgIpc) is 2.77. The number of hydrogen-bond acceptors (Lipinski definition) is 5. The minimum atomic E-state index is -3.89. The number of rotatable bonds is 8. The molecule has 0 aliphatic carbocycles. The minimum absolute atomic E-state index is 0.103. The number of hydrogen-bond donors (Lipinski definition) is 2. The van der Waals surface area contributed by atoms with Gasteiger partial charge in [-0.25, -0.2) is 8.42 Å². The standard InChI is InChI=1S/C22H23N3O4S/c1-3-17-13-18(10-11-21(17)29-2)30(27,28)25-20-9-5-4-8-19(20)22(26)24-15-16-7-6-12-23-14-16/h4-14,25H,3,15H2,1-2H3,(H,24,26). The van der Waals surface area contributed by atoms with E-state index >= 15 is 0 Å². The van der Waals surface area contributed by atoms with Crippen molar-refractivity contribution in [1.29, 1.82) is 0 Å². The lowest BCUT2D eigenvalue weighted by Crippen LogP contribution is -2.25. The molecule has 0 aliphatic heterocycles. The summed E-state index contributed by atoms with van der Waals surface area (Å²) >= 11 is 0. The largest absolute Gasteiger partial charge is 0.496 e. The van der Waals surface area contributed by atoms with Gasteiger partial charge in [0.05, 0.1) is 23.3 Å². The van der Waals surface area contributed by atoms with Crippen LogP contribution in [0.2, 0.25) is 0 Å². The molecule has 0 fully saturated rings. The van der Waals surface area contributed by atoms with E-state index in [1.807, 2.05) is 13.0 Å². The molecule has 0 aliphatic rings. The number of methoxy groups -OCH3 is 1. The predicted octanol–water partition coefficient (Wildman–Crippen LogP) is 3.38. The van der Waals surface area contributed by atoms with Crippen molar-refractivity contribution in [3.63, 3.8) is 0 Å². The van der Waals surface area contributed by atoms with E-state index in [1.54, 1.807) is 62.0 Å². The third-order valence-corrected chi connectivity index (χ3v) is 5.90. The topological polar surface area (TPSA) is 97.4 Å². The van der Waals surface area contributed by atoms with E-state index in [2.05, 4.69) is 15.0 Å². The molecule has 2 N–H and O–H groups in total. The highest BCUT2D eigenvalue weighted by Crippen LogP contribution is 2.25. The average molecular weight is 426 g/mol. The normalized spacial score (nSPS) is 11.0. The van der Waals surface area contributed by atoms with Gasteiger partial charge in [0.2, 0.25) is 0 Å². The van der Waals surface area contributed by atoms with Crippen LogP contribution in [0.5, 0.6) is 5.75 Å². The summed E-state index contributed by atoms with van der Waals surface area (Å²) < 4.78 is 33.7. The second kappa shape index (κ2) is 9.41. The second-order valence-electron chi connectivity index (χ2n) is 6.52. The van der Waals surface area contributed by atoms with Crippen molar-refractivity contribution < 1.29 is 17.9 Å². The Labute approximate surface area is 176 Å². The van der Waals surface area contributed by atoms with E-state index in [9.17, 15) is 13.2 Å². The van der Waals surface area contributed by atoms with Crippen molar-refractivity contribution in [2.24, 2.45) is 0 Å². The molecule has 7 nitrogen and oxygen atoms in total. The number of benzene rings is 2. The first-order chi connectivity index (χ1) is 14.4. The lowest BCUT2D eigenvalue weighted by atomic mass is 10.1. The molecule has 3 aromatic rings. The van der Waals surface area contributed by atoms with Crippen LogP contribution in [0.3, 0.4) is 0 Å². The van der Waals surface area contributed by atoms with Gasteiger partial charge in [-0.3, -0.25) is 14.5 Å². The molecule has 0 unspecified atom stereocenters. The summed E-state index contributed by atoms with van der Waals surface area (Å²) in [6.07, 6.45) is 3.93. The van der Waals surface area contributed by atoms with Gasteiger partial charge in [0.15, 0.2) is 0 Å². The zero-order valence-corrected chi connectivity index (χ0v) is 17.6. The fourth-order valence-corrected chi connectivity index (χ4v) is 4.08. The van der Waals surface area contributed by atoms with Gasteiger partial charge in [-0.2, -0.15) is 0 Å². The highest BCUT2D eigenvalue weighted by Gasteiger charge is 2.20. The van der Waals surface area contributed by atoms with Crippen LogP contribution < -0.4 is 14.8 Å². The third kappa shape index (κ3) is 4.96. The maximum absolute atomic E-state index is 12.9. The van der Waals surface area contributed by atoms with Crippen LogP contribution in [0.4, 0.5) is 5.69 Å². The number of nitrogens with zero attached hydrogens (tertiary/aromatic N) is 1. The zero-order valence-electron chi connectivity index (χ0n) is 16.8. The number of sulfonamides is 1. The van der Waals surface area contributed by atoms with E-state index in [4.69, 9.17) is 4.74 Å². The Morgan fingerprint density at radius 1 is 1.10 bits per heavy atom. The van der Waals surface area contributed by atoms with Crippen molar-refractivity contribution in [3.05, 3.63) is 83.7 Å². The number of carbonyl (C=O) groups excluding carboxylic acids is 1. The number of anilines is 1. The van der Waals surface area contributed by atoms with E-state index < -0.39 is 10.0 Å². The molecule has 0 atom stereocenters. The lowest BCUT2D eigenvalue weighted by molar-refractivity contribution is 0.0952. The number of pyridine rings is 1. The van der Waals surface area contributed by atoms with Gasteiger partial charge in [-0.15, -0.1) is 0 Å². The third-order valence-electron chi connectivity index (χ3n) is 4.53. The second-order valence-corrected chi connectivity index (χ2v) is 8.20. The Balaban J connectivity index is 1.82. The maximum atomic E-state index is 12.9. The smallest absolute Gasteiger partial charge is 0.261 e. The Bertz CT molecular complexity index is 1130. The van der Waals surface area contributed by atoms with Crippen molar-refractivity contribution in [2.45, 2.75) is 24.8 Å². The monoisotopic (exact) mass is 425 g/mol. The van der Waals surface area contributed by atoms with Crippen molar-refractivity contribution in [2.75, 3.05) is 11.8 Å². The Hall–Kier alpha value is -3.39. The molecule has 1 heterocycles. The molecular formula is C22H23N3O4S. The lowest BCUT2D eigenvalue weighted by Gasteiger charge is -2.14. The fraction of sp³-hybridized carbons (Fsp3) is 0.182. The fourth-order valence-electron chi connectivity index (χ4n) is 2.95. The molecule has 0 saturated carbocycles. The maximum Gasteiger partial charge on any atom is 0.261 e. The molecule has 2 aromatic carbocycles. The first-order valence-corrected chi connectivity index (χ1v) is 10.9. The number of aromatic nitrogens is 1. The van der Waals surface area contributed by atoms with Gasteiger partial charge in [0.1, 0.15) is 5.75 Å². The van der Waals surface area contributed by atoms with Crippen LogP contribution in [-0.2, 0) is 23.0 Å². The van der Waals surface area contributed by atoms with Crippen LogP contribution >= 0.6 is 0 Å². The molecule has 0 radical (unpaired) electrons. The molecule has 30 heavy (non-hydrogen) atoms. The highest BCUT2D eigenvalue weighted by molar-refractivity contribution is 7.92. The summed E-state index contributed by atoms with van der Waals surface area (Å²) in [4.78, 5) is 16.8. The van der Waals surface area contributed by atoms with Gasteiger partial charge < -0.3 is 10.1 Å². The van der Waals surface area contributed by atoms with E-state index in [-0.39, 0.29) is 28.6 Å². The summed E-state index contributed by atoms with van der Waals surface area (Å²) in [7, 11) is -2.35. The van der Waals surface area contributed by atoms with E-state index in [1.165, 1.54) is 6.07 Å². The van der Waals surface area contributed by atoms with Crippen LogP contribution in [0.1, 0.15) is 28.4 Å². The summed E-state index contributed by atoms with van der Waals surface area (Å²) in [5.74, 6) is 0.243. The Kier molecular flexibility index (Phi) is 6.68. The van der Waals surface area contributed by atoms with Crippen LogP contribution in [0, 0.1) is 0 Å². The number of aryl methyl sites for hydroxylation is 1. The summed E-state index contributed by atoms with van der Waals surface area (Å²) in [5, 5.41) is 2.78. The summed E-state index contributed by atoms with van der Waals surface area (Å²) in [6, 6.07) is 14.8. The minimum Gasteiger partial charge on any atom is -0.496 e. The SMILES string of the molecule is CCc1cc(S(=O)(=O)Nc2ccccc2C(=O)NCc2cccnc2)ccc1OC. The Morgan fingerprint density at radius 3 is 2.60 bits per heavy atom. The number of carbonyl (C=O) groups is 1. The molecule has 1 aromatic heterocycles. The van der Waals surface area contributed by atoms with Crippen LogP contribution in [0.15, 0.2) is 71.9 Å². The van der Waals surface area contributed by atoms with Crippen LogP contribution in [0.25, 0.3) is 0 Å². The Morgan fingerprint density at radius 2 is 1.90 bits per heavy atom. The van der Waals surface area contributed by atoms with Crippen molar-refractivity contribution in [1.82, 2.24) is 10.3 Å². The van der Waals surface area contributed by atoms with E-state index in [0.717, 1.165) is 11.1 Å². The van der Waals surface area contributed by atoms with Gasteiger partial charge in [-0.05, 0) is 53.9 Å². The molecule has 0 spiro atoms. The summed E-state index contributed by atoms with van der Waals surface area (Å²) in [5.41, 5.74) is 2.06.